The zero-order valence-corrected chi connectivity index (χ0v) is 12.8. The summed E-state index contributed by atoms with van der Waals surface area (Å²) >= 11 is 5.86. The average molecular weight is 345 g/mol. The van der Waals surface area contributed by atoms with E-state index in [0.29, 0.717) is 0 Å². The van der Waals surface area contributed by atoms with Crippen LogP contribution < -0.4 is 5.32 Å². The molecule has 120 valence electrons. The summed E-state index contributed by atoms with van der Waals surface area (Å²) in [7, 11) is 0. The third-order valence-electron chi connectivity index (χ3n) is 3.06. The molecule has 0 radical (unpaired) electrons. The number of anilines is 1. The molecule has 1 amide bonds. The first-order valence-electron chi connectivity index (χ1n) is 6.63. The Morgan fingerprint density at radius 2 is 1.92 bits per heavy atom. The number of hydrogen-bond acceptors (Lipinski definition) is 3. The highest BCUT2D eigenvalue weighted by Crippen LogP contribution is 2.22. The van der Waals surface area contributed by atoms with Gasteiger partial charge in [0.15, 0.2) is 0 Å². The molecule has 0 aromatic heterocycles. The Kier molecular flexibility index (Phi) is 5.30. The van der Waals surface area contributed by atoms with Crippen LogP contribution in [-0.4, -0.2) is 17.0 Å². The van der Waals surface area contributed by atoms with Gasteiger partial charge in [0.25, 0.3) is 5.91 Å². The first-order valence-corrected chi connectivity index (χ1v) is 7.01. The van der Waals surface area contributed by atoms with Gasteiger partial charge in [0.1, 0.15) is 17.5 Å². The minimum Gasteiger partial charge on any atom is -0.478 e. The summed E-state index contributed by atoms with van der Waals surface area (Å²) < 4.78 is 13.8. The maximum absolute atomic E-state index is 13.8. The second-order valence-electron chi connectivity index (χ2n) is 4.61. The molecule has 0 heterocycles. The predicted molar refractivity (Wildman–Crippen MR) is 87.0 cm³/mol. The van der Waals surface area contributed by atoms with Gasteiger partial charge in [0.2, 0.25) is 0 Å². The third-order valence-corrected chi connectivity index (χ3v) is 3.39. The van der Waals surface area contributed by atoms with Crippen molar-refractivity contribution >= 4 is 35.2 Å². The summed E-state index contributed by atoms with van der Waals surface area (Å²) in [5, 5.41) is 20.6. The second kappa shape index (κ2) is 7.40. The van der Waals surface area contributed by atoms with Gasteiger partial charge in [0.05, 0.1) is 16.3 Å². The number of carboxylic acid groups (broad SMARTS) is 1. The van der Waals surface area contributed by atoms with Gasteiger partial charge in [-0.3, -0.25) is 4.79 Å². The van der Waals surface area contributed by atoms with E-state index in [1.54, 1.807) is 6.07 Å². The van der Waals surface area contributed by atoms with Crippen molar-refractivity contribution in [3.63, 3.8) is 0 Å². The Labute approximate surface area is 141 Å². The van der Waals surface area contributed by atoms with E-state index in [1.807, 2.05) is 0 Å². The molecule has 0 fully saturated rings. The molecular weight excluding hydrogens is 335 g/mol. The first kappa shape index (κ1) is 17.2. The largest absolute Gasteiger partial charge is 0.478 e. The van der Waals surface area contributed by atoms with Crippen LogP contribution in [0.4, 0.5) is 10.1 Å². The fourth-order valence-electron chi connectivity index (χ4n) is 1.91. The number of aromatic carboxylic acids is 1. The highest BCUT2D eigenvalue weighted by Gasteiger charge is 2.16. The summed E-state index contributed by atoms with van der Waals surface area (Å²) in [5.41, 5.74) is -0.623. The van der Waals surface area contributed by atoms with Crippen molar-refractivity contribution in [2.45, 2.75) is 0 Å². The summed E-state index contributed by atoms with van der Waals surface area (Å²) in [6, 6.07) is 11.3. The molecule has 2 aromatic rings. The Balaban J connectivity index is 2.36. The third kappa shape index (κ3) is 3.77. The normalized spacial score (nSPS) is 10.8. The Hall–Kier alpha value is -3.17. The van der Waals surface area contributed by atoms with Gasteiger partial charge in [-0.1, -0.05) is 29.8 Å². The van der Waals surface area contributed by atoms with Crippen molar-refractivity contribution in [2.24, 2.45) is 0 Å². The van der Waals surface area contributed by atoms with Crippen LogP contribution in [0.3, 0.4) is 0 Å². The lowest BCUT2D eigenvalue weighted by atomic mass is 10.1. The number of carbonyl (C=O) groups excluding carboxylic acids is 1. The Bertz CT molecular complexity index is 867. The molecule has 7 heteroatoms. The number of nitriles is 1. The van der Waals surface area contributed by atoms with Crippen molar-refractivity contribution in [1.82, 2.24) is 0 Å². The predicted octanol–water partition coefficient (Wildman–Crippen LogP) is 3.72. The zero-order valence-electron chi connectivity index (χ0n) is 12.1. The molecule has 2 rings (SSSR count). The van der Waals surface area contributed by atoms with Crippen LogP contribution in [0.15, 0.2) is 48.0 Å². The van der Waals surface area contributed by atoms with Crippen LogP contribution in [0.1, 0.15) is 15.9 Å². The number of nitrogens with one attached hydrogen (secondary N) is 1. The fraction of sp³-hybridized carbons (Fsp3) is 0. The van der Waals surface area contributed by atoms with E-state index in [-0.39, 0.29) is 21.8 Å². The maximum Gasteiger partial charge on any atom is 0.337 e. The standard InChI is InChI=1S/C17H10ClFN2O3/c18-13-5-3-6-14(19)12(13)8-10(9-20)16(22)21-15-7-2-1-4-11(15)17(23)24/h1-8H,(H,21,22)(H,23,24)/b10-8+. The SMILES string of the molecule is N#C/C(=C\c1c(F)cccc1Cl)C(=O)Nc1ccccc1C(=O)O. The summed E-state index contributed by atoms with van der Waals surface area (Å²) in [6.07, 6.45) is 1.01. The van der Waals surface area contributed by atoms with Gasteiger partial charge in [-0.05, 0) is 30.3 Å². The quantitative estimate of drug-likeness (QED) is 0.653. The van der Waals surface area contributed by atoms with E-state index < -0.39 is 23.3 Å². The van der Waals surface area contributed by atoms with Crippen molar-refractivity contribution in [1.29, 1.82) is 5.26 Å². The van der Waals surface area contributed by atoms with Crippen LogP contribution in [-0.2, 0) is 4.79 Å². The van der Waals surface area contributed by atoms with Crippen LogP contribution in [0.5, 0.6) is 0 Å². The van der Waals surface area contributed by atoms with Crippen LogP contribution in [0.25, 0.3) is 6.08 Å². The zero-order chi connectivity index (χ0) is 17.7. The molecular formula is C17H10ClFN2O3. The fourth-order valence-corrected chi connectivity index (χ4v) is 2.13. The lowest BCUT2D eigenvalue weighted by Gasteiger charge is -2.08. The molecule has 0 saturated heterocycles. The number of nitrogens with zero attached hydrogens (tertiary/aromatic N) is 1. The Morgan fingerprint density at radius 3 is 2.54 bits per heavy atom. The lowest BCUT2D eigenvalue weighted by molar-refractivity contribution is -0.112. The molecule has 0 saturated carbocycles. The summed E-state index contributed by atoms with van der Waals surface area (Å²) in [5.74, 6) is -2.79. The molecule has 0 aliphatic heterocycles. The maximum atomic E-state index is 13.8. The number of hydrogen-bond donors (Lipinski definition) is 2. The molecule has 0 unspecified atom stereocenters. The molecule has 5 nitrogen and oxygen atoms in total. The van der Waals surface area contributed by atoms with Crippen LogP contribution in [0.2, 0.25) is 5.02 Å². The monoisotopic (exact) mass is 344 g/mol. The molecule has 0 atom stereocenters. The molecule has 0 aliphatic rings. The number of rotatable bonds is 4. The number of carbonyl (C=O) groups is 2. The average Bonchev–Trinajstić information content (AvgIpc) is 2.55. The van der Waals surface area contributed by atoms with Crippen molar-refractivity contribution < 1.29 is 19.1 Å². The van der Waals surface area contributed by atoms with Gasteiger partial charge in [-0.2, -0.15) is 5.26 Å². The molecule has 2 N–H and O–H groups in total. The van der Waals surface area contributed by atoms with Gasteiger partial charge >= 0.3 is 5.97 Å². The summed E-state index contributed by atoms with van der Waals surface area (Å²) in [6.45, 7) is 0. The summed E-state index contributed by atoms with van der Waals surface area (Å²) in [4.78, 5) is 23.3. The number of amides is 1. The number of carboxylic acids is 1. The van der Waals surface area contributed by atoms with E-state index in [4.69, 9.17) is 22.0 Å². The van der Waals surface area contributed by atoms with Gasteiger partial charge in [-0.15, -0.1) is 0 Å². The minimum atomic E-state index is -1.23. The van der Waals surface area contributed by atoms with E-state index >= 15 is 0 Å². The van der Waals surface area contributed by atoms with Gasteiger partial charge < -0.3 is 10.4 Å². The van der Waals surface area contributed by atoms with Crippen molar-refractivity contribution in [2.75, 3.05) is 5.32 Å². The minimum absolute atomic E-state index is 0.0239. The van der Waals surface area contributed by atoms with Crippen molar-refractivity contribution in [3.8, 4) is 6.07 Å². The molecule has 0 spiro atoms. The number of benzene rings is 2. The topological polar surface area (TPSA) is 90.2 Å². The number of halogens is 2. The van der Waals surface area contributed by atoms with E-state index in [0.717, 1.165) is 12.1 Å². The van der Waals surface area contributed by atoms with E-state index in [2.05, 4.69) is 5.32 Å². The molecule has 0 bridgehead atoms. The van der Waals surface area contributed by atoms with Crippen molar-refractivity contribution in [3.05, 3.63) is 70.0 Å². The number of para-hydroxylation sites is 1. The van der Waals surface area contributed by atoms with E-state index in [9.17, 15) is 14.0 Å². The Morgan fingerprint density at radius 1 is 1.21 bits per heavy atom. The highest BCUT2D eigenvalue weighted by molar-refractivity contribution is 6.32. The highest BCUT2D eigenvalue weighted by atomic mass is 35.5. The van der Waals surface area contributed by atoms with Gasteiger partial charge in [-0.25, -0.2) is 9.18 Å². The first-order chi connectivity index (χ1) is 11.4. The molecule has 0 aliphatic carbocycles. The molecule has 24 heavy (non-hydrogen) atoms. The van der Waals surface area contributed by atoms with Crippen LogP contribution >= 0.6 is 11.6 Å². The smallest absolute Gasteiger partial charge is 0.337 e. The van der Waals surface area contributed by atoms with E-state index in [1.165, 1.54) is 36.4 Å². The molecule has 2 aromatic carbocycles. The lowest BCUT2D eigenvalue weighted by Crippen LogP contribution is -2.16. The van der Waals surface area contributed by atoms with Gasteiger partial charge in [0, 0.05) is 5.56 Å². The van der Waals surface area contributed by atoms with Crippen LogP contribution in [0, 0.1) is 17.1 Å². The second-order valence-corrected chi connectivity index (χ2v) is 5.02.